The molecule has 2 nitrogen and oxygen atoms in total. The van der Waals surface area contributed by atoms with Gasteiger partial charge in [0.15, 0.2) is 0 Å². The average molecular weight is 303 g/mol. The van der Waals surface area contributed by atoms with E-state index in [0.717, 1.165) is 22.3 Å². The maximum absolute atomic E-state index is 12.9. The first-order valence-corrected chi connectivity index (χ1v) is 7.92. The van der Waals surface area contributed by atoms with Gasteiger partial charge in [0.25, 0.3) is 5.91 Å². The zero-order valence-electron chi connectivity index (χ0n) is 13.4. The smallest absolute Gasteiger partial charge is 0.251 e. The molecule has 1 amide bonds. The fraction of sp³-hybridized carbons (Fsp3) is 0.190. The van der Waals surface area contributed by atoms with E-state index in [9.17, 15) is 4.79 Å². The summed E-state index contributed by atoms with van der Waals surface area (Å²) in [6.07, 6.45) is 1.89. The Morgan fingerprint density at radius 2 is 1.74 bits per heavy atom. The lowest BCUT2D eigenvalue weighted by Crippen LogP contribution is -2.24. The highest BCUT2D eigenvalue weighted by molar-refractivity contribution is 6.03. The molecule has 0 spiro atoms. The van der Waals surface area contributed by atoms with Crippen LogP contribution < -0.4 is 0 Å². The zero-order valence-corrected chi connectivity index (χ0v) is 13.4. The van der Waals surface area contributed by atoms with Crippen LogP contribution in [0.15, 0.2) is 78.9 Å². The lowest BCUT2D eigenvalue weighted by atomic mass is 9.93. The van der Waals surface area contributed by atoms with Crippen LogP contribution in [-0.4, -0.2) is 17.4 Å². The molecule has 116 valence electrons. The summed E-state index contributed by atoms with van der Waals surface area (Å²) < 4.78 is 0. The van der Waals surface area contributed by atoms with Gasteiger partial charge in [0.05, 0.1) is 0 Å². The molecule has 3 rings (SSSR count). The summed E-state index contributed by atoms with van der Waals surface area (Å²) in [6.45, 7) is 7.32. The zero-order chi connectivity index (χ0) is 16.2. The van der Waals surface area contributed by atoms with Gasteiger partial charge in [0, 0.05) is 24.6 Å². The van der Waals surface area contributed by atoms with Gasteiger partial charge < -0.3 is 4.90 Å². The second kappa shape index (κ2) is 6.66. The largest absolute Gasteiger partial charge is 0.334 e. The average Bonchev–Trinajstić information content (AvgIpc) is 2.92. The third-order valence-corrected chi connectivity index (χ3v) is 4.42. The molecular weight excluding hydrogens is 282 g/mol. The molecule has 2 aromatic rings. The molecule has 2 heteroatoms. The number of likely N-dealkylation sites (tertiary alicyclic amines) is 1. The van der Waals surface area contributed by atoms with E-state index in [1.54, 1.807) is 0 Å². The molecule has 1 aliphatic heterocycles. The van der Waals surface area contributed by atoms with Crippen molar-refractivity contribution >= 4 is 11.5 Å². The van der Waals surface area contributed by atoms with E-state index >= 15 is 0 Å². The van der Waals surface area contributed by atoms with Gasteiger partial charge in [-0.15, -0.1) is 6.58 Å². The first-order chi connectivity index (χ1) is 11.2. The van der Waals surface area contributed by atoms with Crippen molar-refractivity contribution in [3.05, 3.63) is 90.0 Å². The van der Waals surface area contributed by atoms with Gasteiger partial charge in [-0.2, -0.15) is 0 Å². The topological polar surface area (TPSA) is 20.3 Å². The Kier molecular flexibility index (Phi) is 4.42. The Morgan fingerprint density at radius 3 is 2.35 bits per heavy atom. The minimum absolute atomic E-state index is 0.0893. The van der Waals surface area contributed by atoms with Gasteiger partial charge in [-0.3, -0.25) is 4.79 Å². The fourth-order valence-electron chi connectivity index (χ4n) is 3.16. The second-order valence-corrected chi connectivity index (χ2v) is 5.92. The predicted octanol–water partition coefficient (Wildman–Crippen LogP) is 4.30. The molecule has 1 aliphatic rings. The van der Waals surface area contributed by atoms with E-state index in [-0.39, 0.29) is 11.8 Å². The first kappa shape index (κ1) is 15.3. The SMILES string of the molecule is C=CC1CN(Cc2ccccc2)C(=O)/C1=C(\C)c1ccccc1. The number of allylic oxidation sites excluding steroid dienone is 1. The van der Waals surface area contributed by atoms with E-state index in [2.05, 4.69) is 30.8 Å². The molecule has 1 unspecified atom stereocenters. The van der Waals surface area contributed by atoms with E-state index in [0.29, 0.717) is 13.1 Å². The summed E-state index contributed by atoms with van der Waals surface area (Å²) >= 11 is 0. The number of hydrogen-bond acceptors (Lipinski definition) is 1. The van der Waals surface area contributed by atoms with E-state index in [1.807, 2.05) is 54.3 Å². The van der Waals surface area contributed by atoms with Gasteiger partial charge in [-0.05, 0) is 23.6 Å². The molecule has 0 N–H and O–H groups in total. The van der Waals surface area contributed by atoms with Crippen molar-refractivity contribution in [1.29, 1.82) is 0 Å². The van der Waals surface area contributed by atoms with Crippen LogP contribution in [0.5, 0.6) is 0 Å². The number of amides is 1. The molecule has 0 bridgehead atoms. The Balaban J connectivity index is 1.92. The van der Waals surface area contributed by atoms with E-state index in [1.165, 1.54) is 0 Å². The molecule has 1 saturated heterocycles. The number of hydrogen-bond donors (Lipinski definition) is 0. The van der Waals surface area contributed by atoms with Crippen LogP contribution in [0.3, 0.4) is 0 Å². The number of carbonyl (C=O) groups excluding carboxylic acids is 1. The minimum Gasteiger partial charge on any atom is -0.334 e. The summed E-state index contributed by atoms with van der Waals surface area (Å²) in [4.78, 5) is 14.8. The quantitative estimate of drug-likeness (QED) is 0.609. The number of carbonyl (C=O) groups is 1. The Labute approximate surface area is 137 Å². The first-order valence-electron chi connectivity index (χ1n) is 7.92. The molecule has 0 radical (unpaired) electrons. The summed E-state index contributed by atoms with van der Waals surface area (Å²) in [6, 6.07) is 20.2. The number of nitrogens with zero attached hydrogens (tertiary/aromatic N) is 1. The monoisotopic (exact) mass is 303 g/mol. The van der Waals surface area contributed by atoms with Gasteiger partial charge >= 0.3 is 0 Å². The molecule has 0 aliphatic carbocycles. The molecule has 23 heavy (non-hydrogen) atoms. The Bertz CT molecular complexity index is 731. The van der Waals surface area contributed by atoms with Crippen molar-refractivity contribution in [2.24, 2.45) is 5.92 Å². The lowest BCUT2D eigenvalue weighted by Gasteiger charge is -2.15. The molecule has 0 saturated carbocycles. The maximum atomic E-state index is 12.9. The summed E-state index contributed by atoms with van der Waals surface area (Å²) in [5, 5.41) is 0. The number of rotatable bonds is 4. The third-order valence-electron chi connectivity index (χ3n) is 4.42. The Morgan fingerprint density at radius 1 is 1.13 bits per heavy atom. The van der Waals surface area contributed by atoms with E-state index < -0.39 is 0 Å². The van der Waals surface area contributed by atoms with Crippen LogP contribution in [0.25, 0.3) is 5.57 Å². The highest BCUT2D eigenvalue weighted by Gasteiger charge is 2.34. The lowest BCUT2D eigenvalue weighted by molar-refractivity contribution is -0.125. The Hall–Kier alpha value is -2.61. The summed E-state index contributed by atoms with van der Waals surface area (Å²) in [7, 11) is 0. The van der Waals surface area contributed by atoms with Crippen molar-refractivity contribution in [2.45, 2.75) is 13.5 Å². The van der Waals surface area contributed by atoms with Crippen molar-refractivity contribution in [3.8, 4) is 0 Å². The molecule has 1 atom stereocenters. The predicted molar refractivity (Wildman–Crippen MR) is 94.6 cm³/mol. The number of benzene rings is 2. The van der Waals surface area contributed by atoms with Gasteiger partial charge in [0.2, 0.25) is 0 Å². The summed E-state index contributed by atoms with van der Waals surface area (Å²) in [5.41, 5.74) is 4.18. The second-order valence-electron chi connectivity index (χ2n) is 5.92. The standard InChI is InChI=1S/C21H21NO/c1-3-18-15-22(14-17-10-6-4-7-11-17)21(23)20(18)16(2)19-12-8-5-9-13-19/h3-13,18H,1,14-15H2,2H3/b20-16+. The highest BCUT2D eigenvalue weighted by Crippen LogP contribution is 2.32. The molecular formula is C21H21NO. The molecule has 0 aromatic heterocycles. The van der Waals surface area contributed by atoms with Crippen molar-refractivity contribution < 1.29 is 4.79 Å². The highest BCUT2D eigenvalue weighted by atomic mass is 16.2. The summed E-state index contributed by atoms with van der Waals surface area (Å²) in [5.74, 6) is 0.214. The van der Waals surface area contributed by atoms with Crippen LogP contribution in [0.2, 0.25) is 0 Å². The van der Waals surface area contributed by atoms with Crippen LogP contribution in [0, 0.1) is 5.92 Å². The van der Waals surface area contributed by atoms with Crippen molar-refractivity contribution in [2.75, 3.05) is 6.54 Å². The third kappa shape index (κ3) is 3.11. The maximum Gasteiger partial charge on any atom is 0.251 e. The van der Waals surface area contributed by atoms with Crippen LogP contribution in [0.4, 0.5) is 0 Å². The minimum atomic E-state index is 0.0893. The van der Waals surface area contributed by atoms with Crippen LogP contribution in [0.1, 0.15) is 18.1 Å². The van der Waals surface area contributed by atoms with Gasteiger partial charge in [-0.25, -0.2) is 0 Å². The van der Waals surface area contributed by atoms with Crippen LogP contribution in [-0.2, 0) is 11.3 Å². The van der Waals surface area contributed by atoms with Crippen molar-refractivity contribution in [1.82, 2.24) is 4.90 Å². The molecule has 1 heterocycles. The molecule has 2 aromatic carbocycles. The van der Waals surface area contributed by atoms with E-state index in [4.69, 9.17) is 0 Å². The fourth-order valence-corrected chi connectivity index (χ4v) is 3.16. The normalized spacial score (nSPS) is 19.8. The van der Waals surface area contributed by atoms with Gasteiger partial charge in [-0.1, -0.05) is 66.7 Å². The molecule has 1 fully saturated rings. The van der Waals surface area contributed by atoms with Gasteiger partial charge in [0.1, 0.15) is 0 Å². The van der Waals surface area contributed by atoms with Crippen molar-refractivity contribution in [3.63, 3.8) is 0 Å². The van der Waals surface area contributed by atoms with Crippen LogP contribution >= 0.6 is 0 Å².